The third kappa shape index (κ3) is 4.02. The zero-order valence-corrected chi connectivity index (χ0v) is 17.8. The maximum atomic E-state index is 11.6. The van der Waals surface area contributed by atoms with Crippen LogP contribution in [0.2, 0.25) is 0 Å². The summed E-state index contributed by atoms with van der Waals surface area (Å²) in [5.74, 6) is -1.60. The van der Waals surface area contributed by atoms with Gasteiger partial charge in [-0.05, 0) is 41.1 Å². The third-order valence-corrected chi connectivity index (χ3v) is 6.18. The number of aromatic nitrogens is 1. The van der Waals surface area contributed by atoms with Crippen molar-refractivity contribution in [1.82, 2.24) is 4.98 Å². The summed E-state index contributed by atoms with van der Waals surface area (Å²) in [5, 5.41) is 25.2. The van der Waals surface area contributed by atoms with Crippen LogP contribution >= 0.6 is 11.3 Å². The van der Waals surface area contributed by atoms with Crippen molar-refractivity contribution in [1.29, 1.82) is 0 Å². The minimum atomic E-state index is -1.18. The summed E-state index contributed by atoms with van der Waals surface area (Å²) in [6.45, 7) is 2.17. The molecule has 0 saturated heterocycles. The van der Waals surface area contributed by atoms with E-state index >= 15 is 0 Å². The molecule has 31 heavy (non-hydrogen) atoms. The van der Waals surface area contributed by atoms with Crippen molar-refractivity contribution in [2.75, 3.05) is 5.73 Å². The predicted octanol–water partition coefficient (Wildman–Crippen LogP) is 5.60. The highest BCUT2D eigenvalue weighted by atomic mass is 32.1. The number of hydrogen-bond donors (Lipinski definition) is 2. The molecule has 0 fully saturated rings. The van der Waals surface area contributed by atoms with Crippen LogP contribution in [0.1, 0.15) is 28.7 Å². The number of aryl methyl sites for hydroxylation is 1. The summed E-state index contributed by atoms with van der Waals surface area (Å²) in [4.78, 5) is 15.3. The Labute approximate surface area is 183 Å². The van der Waals surface area contributed by atoms with Crippen molar-refractivity contribution >= 4 is 54.8 Å². The number of aromatic carboxylic acids is 1. The number of benzene rings is 4. The maximum absolute atomic E-state index is 11.6. The summed E-state index contributed by atoms with van der Waals surface area (Å²) in [5.41, 5.74) is 7.66. The Morgan fingerprint density at radius 3 is 2.42 bits per heavy atom. The van der Waals surface area contributed by atoms with E-state index in [1.54, 1.807) is 35.6 Å². The number of hydrogen-bond acceptors (Lipinski definition) is 5. The molecule has 5 aromatic rings. The van der Waals surface area contributed by atoms with E-state index in [4.69, 9.17) is 10.8 Å². The van der Waals surface area contributed by atoms with Gasteiger partial charge in [0.15, 0.2) is 0 Å². The van der Waals surface area contributed by atoms with Gasteiger partial charge in [0.25, 0.3) is 0 Å². The standard InChI is InChI=1S/C14H14N2S.C11H8O3/c1-2-5-12-16-13-11(15)8-9-6-3-4-7-10(9)14(13)17-12;12-10-8-4-2-1-3-7(8)5-6-9(10)11(13)14/h3-4,6-8H,2,5,15H2,1H3;1-6,12H,(H,13,14)/p-1. The molecule has 0 amide bonds. The zero-order chi connectivity index (χ0) is 22.0. The van der Waals surface area contributed by atoms with Crippen LogP contribution in [-0.2, 0) is 6.42 Å². The Morgan fingerprint density at radius 2 is 1.71 bits per heavy atom. The number of nitrogens with two attached hydrogens (primary N) is 1. The van der Waals surface area contributed by atoms with E-state index in [-0.39, 0.29) is 5.56 Å². The normalized spacial score (nSPS) is 10.9. The number of thiazole rings is 1. The molecule has 0 bridgehead atoms. The van der Waals surface area contributed by atoms with E-state index in [0.29, 0.717) is 5.39 Å². The molecule has 0 spiro atoms. The molecule has 5 rings (SSSR count). The number of rotatable bonds is 3. The topological polar surface area (TPSA) is 99.3 Å². The van der Waals surface area contributed by atoms with Gasteiger partial charge in [0, 0.05) is 5.39 Å². The SMILES string of the molecule is CCCc1nc2c(N)cc3ccccc3c2s1.O=C(O)c1ccc2ccccc2c1[O-]. The van der Waals surface area contributed by atoms with Crippen molar-refractivity contribution in [3.05, 3.63) is 77.3 Å². The minimum Gasteiger partial charge on any atom is -0.871 e. The van der Waals surface area contributed by atoms with E-state index in [9.17, 15) is 9.90 Å². The fourth-order valence-corrected chi connectivity index (χ4v) is 4.78. The molecule has 0 radical (unpaired) electrons. The van der Waals surface area contributed by atoms with E-state index in [2.05, 4.69) is 30.1 Å². The second-order valence-electron chi connectivity index (χ2n) is 7.19. The van der Waals surface area contributed by atoms with Crippen LogP contribution in [0.3, 0.4) is 0 Å². The number of nitrogens with zero attached hydrogens (tertiary/aromatic N) is 1. The Balaban J connectivity index is 0.000000152. The molecule has 6 heteroatoms. The summed E-state index contributed by atoms with van der Waals surface area (Å²) < 4.78 is 1.23. The largest absolute Gasteiger partial charge is 0.871 e. The molecule has 0 aliphatic carbocycles. The lowest BCUT2D eigenvalue weighted by Gasteiger charge is -2.13. The number of nitrogen functional groups attached to an aromatic ring is 1. The average Bonchev–Trinajstić information content (AvgIpc) is 3.20. The van der Waals surface area contributed by atoms with Crippen molar-refractivity contribution in [2.45, 2.75) is 19.8 Å². The van der Waals surface area contributed by atoms with Gasteiger partial charge in [0.2, 0.25) is 0 Å². The van der Waals surface area contributed by atoms with Gasteiger partial charge in [-0.3, -0.25) is 0 Å². The molecule has 1 heterocycles. The molecule has 156 valence electrons. The molecule has 3 N–H and O–H groups in total. The predicted molar refractivity (Wildman–Crippen MR) is 126 cm³/mol. The molecule has 5 nitrogen and oxygen atoms in total. The van der Waals surface area contributed by atoms with E-state index in [1.165, 1.54) is 26.5 Å². The zero-order valence-electron chi connectivity index (χ0n) is 17.0. The van der Waals surface area contributed by atoms with Crippen LogP contribution in [0.25, 0.3) is 31.8 Å². The molecule has 0 aliphatic heterocycles. The van der Waals surface area contributed by atoms with Crippen molar-refractivity contribution < 1.29 is 15.0 Å². The molecule has 0 atom stereocenters. The number of carbonyl (C=O) groups is 1. The second kappa shape index (κ2) is 8.62. The smallest absolute Gasteiger partial charge is 0.335 e. The molecular formula is C25H21N2O3S-. The first-order valence-electron chi connectivity index (χ1n) is 9.98. The molecule has 0 aliphatic rings. The second-order valence-corrected chi connectivity index (χ2v) is 8.27. The number of carboxylic acid groups (broad SMARTS) is 1. The summed E-state index contributed by atoms with van der Waals surface area (Å²) in [6, 6.07) is 20.3. The number of fused-ring (bicyclic) bond motifs is 4. The van der Waals surface area contributed by atoms with E-state index < -0.39 is 11.7 Å². The first-order valence-corrected chi connectivity index (χ1v) is 10.8. The Morgan fingerprint density at radius 1 is 1.03 bits per heavy atom. The Bertz CT molecular complexity index is 1410. The van der Waals surface area contributed by atoms with Crippen LogP contribution in [-0.4, -0.2) is 16.1 Å². The lowest BCUT2D eigenvalue weighted by molar-refractivity contribution is -0.266. The van der Waals surface area contributed by atoms with E-state index in [0.717, 1.165) is 29.4 Å². The van der Waals surface area contributed by atoms with Crippen molar-refractivity contribution in [2.24, 2.45) is 0 Å². The van der Waals surface area contributed by atoms with Gasteiger partial charge in [0.05, 0.1) is 21.0 Å². The van der Waals surface area contributed by atoms with Gasteiger partial charge in [-0.1, -0.05) is 67.3 Å². The molecular weight excluding hydrogens is 408 g/mol. The molecule has 0 unspecified atom stereocenters. The Hall–Kier alpha value is -3.64. The van der Waals surface area contributed by atoms with Gasteiger partial charge in [-0.25, -0.2) is 9.78 Å². The van der Waals surface area contributed by atoms with Gasteiger partial charge in [0.1, 0.15) is 5.52 Å². The van der Waals surface area contributed by atoms with Crippen LogP contribution in [0.4, 0.5) is 5.69 Å². The monoisotopic (exact) mass is 429 g/mol. The quantitative estimate of drug-likeness (QED) is 0.364. The maximum Gasteiger partial charge on any atom is 0.335 e. The van der Waals surface area contributed by atoms with Gasteiger partial charge >= 0.3 is 5.97 Å². The van der Waals surface area contributed by atoms with Crippen molar-refractivity contribution in [3.63, 3.8) is 0 Å². The lowest BCUT2D eigenvalue weighted by Crippen LogP contribution is -2.03. The number of anilines is 1. The third-order valence-electron chi connectivity index (χ3n) is 5.04. The first-order chi connectivity index (χ1) is 15.0. The van der Waals surface area contributed by atoms with Crippen LogP contribution < -0.4 is 10.8 Å². The van der Waals surface area contributed by atoms with Crippen LogP contribution in [0.15, 0.2) is 66.7 Å². The van der Waals surface area contributed by atoms with Gasteiger partial charge in [-0.15, -0.1) is 11.3 Å². The first kappa shape index (κ1) is 20.6. The molecule has 1 aromatic heterocycles. The summed E-state index contributed by atoms with van der Waals surface area (Å²) >= 11 is 1.77. The highest BCUT2D eigenvalue weighted by Crippen LogP contribution is 2.34. The van der Waals surface area contributed by atoms with Gasteiger partial charge < -0.3 is 15.9 Å². The van der Waals surface area contributed by atoms with E-state index in [1.807, 2.05) is 18.2 Å². The lowest BCUT2D eigenvalue weighted by atomic mass is 10.1. The van der Waals surface area contributed by atoms with Crippen LogP contribution in [0, 0.1) is 0 Å². The highest BCUT2D eigenvalue weighted by Gasteiger charge is 2.10. The Kier molecular flexibility index (Phi) is 5.73. The van der Waals surface area contributed by atoms with Crippen molar-refractivity contribution in [3.8, 4) is 5.75 Å². The van der Waals surface area contributed by atoms with Crippen LogP contribution in [0.5, 0.6) is 5.75 Å². The summed E-state index contributed by atoms with van der Waals surface area (Å²) in [6.07, 6.45) is 2.16. The molecule has 0 saturated carbocycles. The number of carboxylic acids is 1. The fraction of sp³-hybridized carbons (Fsp3) is 0.120. The fourth-order valence-electron chi connectivity index (χ4n) is 3.54. The minimum absolute atomic E-state index is 0.177. The van der Waals surface area contributed by atoms with Gasteiger partial charge in [-0.2, -0.15) is 0 Å². The molecule has 4 aromatic carbocycles. The summed E-state index contributed by atoms with van der Waals surface area (Å²) in [7, 11) is 0. The highest BCUT2D eigenvalue weighted by molar-refractivity contribution is 7.19. The average molecular weight is 430 g/mol.